The molecule has 0 saturated heterocycles. The Hall–Kier alpha value is -2.66. The molecule has 2 atom stereocenters. The van der Waals surface area contributed by atoms with Crippen LogP contribution in [0.1, 0.15) is 42.1 Å². The van der Waals surface area contributed by atoms with Gasteiger partial charge in [0, 0.05) is 18.2 Å². The predicted molar refractivity (Wildman–Crippen MR) is 93.3 cm³/mol. The molecule has 5 nitrogen and oxygen atoms in total. The zero-order chi connectivity index (χ0) is 17.1. The van der Waals surface area contributed by atoms with Crippen molar-refractivity contribution in [1.82, 2.24) is 5.32 Å². The molecular formula is C19H21N3O2. The van der Waals surface area contributed by atoms with Crippen LogP contribution in [0.5, 0.6) is 0 Å². The van der Waals surface area contributed by atoms with Gasteiger partial charge in [0.15, 0.2) is 0 Å². The van der Waals surface area contributed by atoms with Gasteiger partial charge in [0.2, 0.25) is 11.8 Å². The van der Waals surface area contributed by atoms with Crippen molar-refractivity contribution in [2.75, 3.05) is 5.32 Å². The minimum Gasteiger partial charge on any atom is -0.350 e. The topological polar surface area (TPSA) is 84.2 Å². The van der Waals surface area contributed by atoms with Gasteiger partial charge in [0.25, 0.3) is 0 Å². The maximum absolute atomic E-state index is 12.2. The molecule has 1 heterocycles. The smallest absolute Gasteiger partial charge is 0.228 e. The third kappa shape index (κ3) is 3.63. The molecule has 0 radical (unpaired) electrons. The van der Waals surface area contributed by atoms with Gasteiger partial charge >= 0.3 is 0 Å². The first-order chi connectivity index (χ1) is 11.5. The number of carbonyl (C=O) groups excluding carboxylic acids is 2. The van der Waals surface area contributed by atoms with E-state index in [9.17, 15) is 9.59 Å². The van der Waals surface area contributed by atoms with E-state index >= 15 is 0 Å². The number of fused-ring (bicyclic) bond motifs is 1. The molecule has 0 aromatic heterocycles. The van der Waals surface area contributed by atoms with Gasteiger partial charge < -0.3 is 16.4 Å². The molecule has 3 rings (SSSR count). The Labute approximate surface area is 141 Å². The molecule has 0 saturated carbocycles. The zero-order valence-electron chi connectivity index (χ0n) is 13.6. The number of nitrogens with one attached hydrogen (secondary N) is 2. The van der Waals surface area contributed by atoms with Crippen molar-refractivity contribution in [3.05, 3.63) is 65.2 Å². The second kappa shape index (κ2) is 6.84. The average molecular weight is 323 g/mol. The van der Waals surface area contributed by atoms with Crippen LogP contribution in [0.2, 0.25) is 0 Å². The SMILES string of the molecule is CC(NC(=O)CC(N)c1ccccc1)c1ccc2c(c1)CC(=O)N2. The molecule has 1 aliphatic heterocycles. The second-order valence-electron chi connectivity index (χ2n) is 6.15. The molecule has 2 amide bonds. The largest absolute Gasteiger partial charge is 0.350 e. The van der Waals surface area contributed by atoms with Gasteiger partial charge in [-0.15, -0.1) is 0 Å². The molecule has 0 fully saturated rings. The number of hydrogen-bond donors (Lipinski definition) is 3. The molecule has 1 aliphatic rings. The summed E-state index contributed by atoms with van der Waals surface area (Å²) in [5, 5.41) is 5.78. The predicted octanol–water partition coefficient (Wildman–Crippen LogP) is 2.45. The quantitative estimate of drug-likeness (QED) is 0.790. The van der Waals surface area contributed by atoms with Gasteiger partial charge in [-0.05, 0) is 29.7 Å². The molecule has 0 aliphatic carbocycles. The van der Waals surface area contributed by atoms with Gasteiger partial charge in [-0.1, -0.05) is 42.5 Å². The highest BCUT2D eigenvalue weighted by atomic mass is 16.2. The molecule has 124 valence electrons. The van der Waals surface area contributed by atoms with Crippen LogP contribution in [-0.4, -0.2) is 11.8 Å². The molecule has 2 aromatic rings. The van der Waals surface area contributed by atoms with E-state index in [0.29, 0.717) is 6.42 Å². The van der Waals surface area contributed by atoms with Gasteiger partial charge in [-0.3, -0.25) is 9.59 Å². The molecule has 0 spiro atoms. The van der Waals surface area contributed by atoms with Crippen LogP contribution in [0, 0.1) is 0 Å². The van der Waals surface area contributed by atoms with Crippen LogP contribution in [0.3, 0.4) is 0 Å². The summed E-state index contributed by atoms with van der Waals surface area (Å²) >= 11 is 0. The fraction of sp³-hybridized carbons (Fsp3) is 0.263. The van der Waals surface area contributed by atoms with E-state index in [4.69, 9.17) is 5.73 Å². The Balaban J connectivity index is 1.60. The lowest BCUT2D eigenvalue weighted by Crippen LogP contribution is -2.29. The third-order valence-corrected chi connectivity index (χ3v) is 4.26. The highest BCUT2D eigenvalue weighted by Crippen LogP contribution is 2.26. The number of anilines is 1. The molecular weight excluding hydrogens is 302 g/mol. The summed E-state index contributed by atoms with van der Waals surface area (Å²) in [6, 6.07) is 14.9. The van der Waals surface area contributed by atoms with E-state index in [-0.39, 0.29) is 30.3 Å². The van der Waals surface area contributed by atoms with E-state index in [0.717, 1.165) is 22.4 Å². The Kier molecular flexibility index (Phi) is 4.62. The van der Waals surface area contributed by atoms with E-state index in [1.807, 2.05) is 55.5 Å². The Morgan fingerprint density at radius 1 is 1.21 bits per heavy atom. The van der Waals surface area contributed by atoms with E-state index in [2.05, 4.69) is 10.6 Å². The van der Waals surface area contributed by atoms with Crippen molar-refractivity contribution in [3.8, 4) is 0 Å². The maximum Gasteiger partial charge on any atom is 0.228 e. The van der Waals surface area contributed by atoms with E-state index in [1.54, 1.807) is 0 Å². The third-order valence-electron chi connectivity index (χ3n) is 4.26. The minimum atomic E-state index is -0.319. The number of rotatable bonds is 5. The number of benzene rings is 2. The van der Waals surface area contributed by atoms with Gasteiger partial charge in [0.05, 0.1) is 12.5 Å². The Bertz CT molecular complexity index is 758. The van der Waals surface area contributed by atoms with Crippen molar-refractivity contribution in [2.45, 2.75) is 31.8 Å². The summed E-state index contributed by atoms with van der Waals surface area (Å²) in [5.41, 5.74) is 9.84. The van der Waals surface area contributed by atoms with E-state index < -0.39 is 0 Å². The lowest BCUT2D eigenvalue weighted by Gasteiger charge is -2.17. The van der Waals surface area contributed by atoms with Crippen molar-refractivity contribution >= 4 is 17.5 Å². The first-order valence-corrected chi connectivity index (χ1v) is 8.05. The number of carbonyl (C=O) groups is 2. The van der Waals surface area contributed by atoms with Crippen LogP contribution in [0.25, 0.3) is 0 Å². The molecule has 2 aromatic carbocycles. The van der Waals surface area contributed by atoms with E-state index in [1.165, 1.54) is 0 Å². The van der Waals surface area contributed by atoms with Gasteiger partial charge in [-0.25, -0.2) is 0 Å². The number of hydrogen-bond acceptors (Lipinski definition) is 3. The summed E-state index contributed by atoms with van der Waals surface area (Å²) in [4.78, 5) is 23.7. The summed E-state index contributed by atoms with van der Waals surface area (Å²) < 4.78 is 0. The van der Waals surface area contributed by atoms with Gasteiger partial charge in [-0.2, -0.15) is 0 Å². The normalized spacial score (nSPS) is 15.3. The monoisotopic (exact) mass is 323 g/mol. The summed E-state index contributed by atoms with van der Waals surface area (Å²) in [6.07, 6.45) is 0.627. The Morgan fingerprint density at radius 3 is 2.71 bits per heavy atom. The Morgan fingerprint density at radius 2 is 1.96 bits per heavy atom. The molecule has 5 heteroatoms. The zero-order valence-corrected chi connectivity index (χ0v) is 13.6. The molecule has 0 bridgehead atoms. The van der Waals surface area contributed by atoms with Gasteiger partial charge in [0.1, 0.15) is 0 Å². The van der Waals surface area contributed by atoms with Crippen molar-refractivity contribution in [3.63, 3.8) is 0 Å². The van der Waals surface area contributed by atoms with Crippen LogP contribution >= 0.6 is 0 Å². The van der Waals surface area contributed by atoms with Crippen LogP contribution in [0.15, 0.2) is 48.5 Å². The molecule has 4 N–H and O–H groups in total. The fourth-order valence-corrected chi connectivity index (χ4v) is 2.92. The van der Waals surface area contributed by atoms with Crippen molar-refractivity contribution in [2.24, 2.45) is 5.73 Å². The van der Waals surface area contributed by atoms with Crippen LogP contribution in [-0.2, 0) is 16.0 Å². The number of amides is 2. The summed E-state index contributed by atoms with van der Waals surface area (Å²) in [5.74, 6) is -0.0822. The highest BCUT2D eigenvalue weighted by molar-refractivity contribution is 5.99. The lowest BCUT2D eigenvalue weighted by molar-refractivity contribution is -0.122. The van der Waals surface area contributed by atoms with Crippen molar-refractivity contribution in [1.29, 1.82) is 0 Å². The van der Waals surface area contributed by atoms with Crippen molar-refractivity contribution < 1.29 is 9.59 Å². The molecule has 24 heavy (non-hydrogen) atoms. The van der Waals surface area contributed by atoms with Crippen LogP contribution < -0.4 is 16.4 Å². The van der Waals surface area contributed by atoms with Crippen LogP contribution in [0.4, 0.5) is 5.69 Å². The first kappa shape index (κ1) is 16.2. The fourth-order valence-electron chi connectivity index (χ4n) is 2.92. The average Bonchev–Trinajstić information content (AvgIpc) is 2.94. The lowest BCUT2D eigenvalue weighted by atomic mass is 10.0. The number of nitrogens with two attached hydrogens (primary N) is 1. The first-order valence-electron chi connectivity index (χ1n) is 8.05. The summed E-state index contributed by atoms with van der Waals surface area (Å²) in [6.45, 7) is 1.93. The second-order valence-corrected chi connectivity index (χ2v) is 6.15. The summed E-state index contributed by atoms with van der Waals surface area (Å²) in [7, 11) is 0. The highest BCUT2D eigenvalue weighted by Gasteiger charge is 2.20. The maximum atomic E-state index is 12.2. The molecule has 2 unspecified atom stereocenters. The minimum absolute atomic E-state index is 0.00710. The standard InChI is InChI=1S/C19H21N3O2/c1-12(14-7-8-17-15(9-14)10-18(23)22-17)21-19(24)11-16(20)13-5-3-2-4-6-13/h2-9,12,16H,10-11,20H2,1H3,(H,21,24)(H,22,23).